The van der Waals surface area contributed by atoms with Gasteiger partial charge in [-0.3, -0.25) is 0 Å². The summed E-state index contributed by atoms with van der Waals surface area (Å²) in [5.41, 5.74) is 13.2. The van der Waals surface area contributed by atoms with Gasteiger partial charge in [-0.15, -0.1) is 0 Å². The Morgan fingerprint density at radius 3 is 1.19 bits per heavy atom. The summed E-state index contributed by atoms with van der Waals surface area (Å²) in [5.74, 6) is 1.13. The summed E-state index contributed by atoms with van der Waals surface area (Å²) in [5, 5.41) is 0. The van der Waals surface area contributed by atoms with Crippen molar-refractivity contribution >= 4 is 22.8 Å². The molecule has 0 spiro atoms. The van der Waals surface area contributed by atoms with E-state index in [2.05, 4.69) is 82.5 Å². The van der Waals surface area contributed by atoms with Gasteiger partial charge in [0.15, 0.2) is 11.6 Å². The lowest BCUT2D eigenvalue weighted by Gasteiger charge is -2.13. The predicted molar refractivity (Wildman–Crippen MR) is 134 cm³/mol. The van der Waals surface area contributed by atoms with Crippen molar-refractivity contribution in [3.05, 3.63) is 74.6 Å². The van der Waals surface area contributed by atoms with Crippen molar-refractivity contribution in [2.45, 2.75) is 69.2 Å². The lowest BCUT2D eigenvalue weighted by molar-refractivity contribution is 1.000. The van der Waals surface area contributed by atoms with Crippen LogP contribution in [0.25, 0.3) is 0 Å². The molecule has 1 heterocycles. The molecule has 0 aliphatic rings. The molecule has 0 N–H and O–H groups in total. The second-order valence-electron chi connectivity index (χ2n) is 8.75. The van der Waals surface area contributed by atoms with E-state index < -0.39 is 0 Å². The molecule has 0 aliphatic carbocycles. The minimum absolute atomic E-state index is 0.566. The molecular weight excluding hydrogens is 394 g/mol. The molecule has 0 unspecified atom stereocenters. The Bertz CT molecular complexity index is 1120. The molecule has 0 bridgehead atoms. The van der Waals surface area contributed by atoms with Crippen LogP contribution in [0.5, 0.6) is 0 Å². The van der Waals surface area contributed by atoms with Gasteiger partial charge in [-0.2, -0.15) is 0 Å². The number of aliphatic imine (C=N–C) groups is 2. The van der Waals surface area contributed by atoms with Crippen molar-refractivity contribution in [2.75, 3.05) is 0 Å². The number of hydrogen-bond acceptors (Lipinski definition) is 5. The Labute approximate surface area is 191 Å². The Morgan fingerprint density at radius 1 is 0.562 bits per heavy atom. The highest BCUT2D eigenvalue weighted by molar-refractivity contribution is 6.00. The van der Waals surface area contributed by atoms with Crippen LogP contribution in [0, 0.1) is 55.4 Å². The summed E-state index contributed by atoms with van der Waals surface area (Å²) in [7, 11) is 0. The molecule has 1 aromatic heterocycles. The highest BCUT2D eigenvalue weighted by Crippen LogP contribution is 2.31. The average Bonchev–Trinajstić information content (AvgIpc) is 2.76. The molecule has 166 valence electrons. The van der Waals surface area contributed by atoms with Gasteiger partial charge in [-0.05, 0) is 114 Å². The van der Waals surface area contributed by atoms with E-state index in [1.54, 1.807) is 0 Å². The van der Waals surface area contributed by atoms with Gasteiger partial charge >= 0.3 is 0 Å². The van der Waals surface area contributed by atoms with E-state index >= 15 is 0 Å². The SMILES string of the molecule is C/C(=N\c1c(C)c(C)cc(C)c1C)c1ncnc(/C(C)=N/c2c(C)c(C)cc(C)c2C)n1. The first kappa shape index (κ1) is 23.5. The van der Waals surface area contributed by atoms with Crippen molar-refractivity contribution in [1.29, 1.82) is 0 Å². The summed E-state index contributed by atoms with van der Waals surface area (Å²) in [6.45, 7) is 20.8. The fraction of sp³-hybridized carbons (Fsp3) is 0.370. The van der Waals surface area contributed by atoms with Crippen molar-refractivity contribution in [3.63, 3.8) is 0 Å². The Hall–Kier alpha value is -3.21. The first-order valence-electron chi connectivity index (χ1n) is 11.0. The van der Waals surface area contributed by atoms with E-state index in [4.69, 9.17) is 9.98 Å². The second kappa shape index (κ2) is 9.11. The summed E-state index contributed by atoms with van der Waals surface area (Å²) >= 11 is 0. The van der Waals surface area contributed by atoms with Gasteiger partial charge in [-0.1, -0.05) is 12.1 Å². The van der Waals surface area contributed by atoms with E-state index in [1.807, 2.05) is 13.8 Å². The molecule has 3 rings (SSSR count). The fourth-order valence-corrected chi connectivity index (χ4v) is 3.81. The molecule has 2 aromatic carbocycles. The molecular formula is C27H33N5. The van der Waals surface area contributed by atoms with Gasteiger partial charge in [0.1, 0.15) is 6.33 Å². The van der Waals surface area contributed by atoms with Crippen LogP contribution in [0.1, 0.15) is 70.0 Å². The highest BCUT2D eigenvalue weighted by Gasteiger charge is 2.13. The fourth-order valence-electron chi connectivity index (χ4n) is 3.81. The summed E-state index contributed by atoms with van der Waals surface area (Å²) < 4.78 is 0. The van der Waals surface area contributed by atoms with Crippen LogP contribution in [0.15, 0.2) is 28.4 Å². The van der Waals surface area contributed by atoms with Crippen LogP contribution in [0.2, 0.25) is 0 Å². The number of nitrogens with zero attached hydrogens (tertiary/aromatic N) is 5. The molecule has 0 aliphatic heterocycles. The Balaban J connectivity index is 2.05. The number of aromatic nitrogens is 3. The first-order chi connectivity index (χ1) is 15.0. The van der Waals surface area contributed by atoms with Gasteiger partial charge in [-0.25, -0.2) is 24.9 Å². The van der Waals surface area contributed by atoms with E-state index in [-0.39, 0.29) is 0 Å². The Kier molecular flexibility index (Phi) is 6.68. The molecule has 32 heavy (non-hydrogen) atoms. The zero-order valence-corrected chi connectivity index (χ0v) is 21.0. The summed E-state index contributed by atoms with van der Waals surface area (Å²) in [6, 6.07) is 4.41. The van der Waals surface area contributed by atoms with E-state index in [0.29, 0.717) is 11.6 Å². The van der Waals surface area contributed by atoms with Crippen LogP contribution in [0.4, 0.5) is 11.4 Å². The van der Waals surface area contributed by atoms with Crippen LogP contribution in [0.3, 0.4) is 0 Å². The van der Waals surface area contributed by atoms with E-state index in [0.717, 1.165) is 22.8 Å². The predicted octanol–water partition coefficient (Wildman–Crippen LogP) is 6.62. The minimum atomic E-state index is 0.566. The maximum absolute atomic E-state index is 4.91. The first-order valence-corrected chi connectivity index (χ1v) is 11.0. The highest BCUT2D eigenvalue weighted by atomic mass is 15.0. The molecule has 5 nitrogen and oxygen atoms in total. The van der Waals surface area contributed by atoms with E-state index in [9.17, 15) is 0 Å². The van der Waals surface area contributed by atoms with Crippen molar-refractivity contribution in [2.24, 2.45) is 9.98 Å². The van der Waals surface area contributed by atoms with Gasteiger partial charge in [0, 0.05) is 0 Å². The smallest absolute Gasteiger partial charge is 0.177 e. The average molecular weight is 428 g/mol. The molecule has 0 saturated carbocycles. The normalized spacial score (nSPS) is 12.4. The monoisotopic (exact) mass is 427 g/mol. The Morgan fingerprint density at radius 2 is 0.875 bits per heavy atom. The van der Waals surface area contributed by atoms with Crippen LogP contribution in [-0.2, 0) is 0 Å². The van der Waals surface area contributed by atoms with Crippen molar-refractivity contribution in [3.8, 4) is 0 Å². The molecule has 5 heteroatoms. The van der Waals surface area contributed by atoms with Crippen LogP contribution in [-0.4, -0.2) is 26.4 Å². The molecule has 0 amide bonds. The quantitative estimate of drug-likeness (QED) is 0.439. The number of hydrogen-bond donors (Lipinski definition) is 0. The minimum Gasteiger partial charge on any atom is -0.249 e. The van der Waals surface area contributed by atoms with Crippen LogP contribution >= 0.6 is 0 Å². The van der Waals surface area contributed by atoms with Gasteiger partial charge in [0.05, 0.1) is 22.8 Å². The number of aryl methyl sites for hydroxylation is 4. The maximum Gasteiger partial charge on any atom is 0.177 e. The number of benzene rings is 2. The van der Waals surface area contributed by atoms with Crippen LogP contribution < -0.4 is 0 Å². The molecule has 3 aromatic rings. The molecule has 0 radical (unpaired) electrons. The maximum atomic E-state index is 4.91. The number of rotatable bonds is 4. The van der Waals surface area contributed by atoms with Gasteiger partial charge in [0.2, 0.25) is 0 Å². The van der Waals surface area contributed by atoms with E-state index in [1.165, 1.54) is 50.8 Å². The topological polar surface area (TPSA) is 63.4 Å². The lowest BCUT2D eigenvalue weighted by atomic mass is 9.99. The van der Waals surface area contributed by atoms with Gasteiger partial charge < -0.3 is 0 Å². The molecule has 0 fully saturated rings. The zero-order chi connectivity index (χ0) is 23.7. The van der Waals surface area contributed by atoms with Gasteiger partial charge in [0.25, 0.3) is 0 Å². The lowest BCUT2D eigenvalue weighted by Crippen LogP contribution is -2.10. The largest absolute Gasteiger partial charge is 0.249 e. The standard InChI is InChI=1S/C27H33N5/c1-14-11-15(2)19(6)24(18(14)5)30-22(9)26-28-13-29-27(32-26)23(10)31-25-20(7)16(3)12-17(4)21(25)8/h11-13H,1-10H3/b30-22+,31-23+. The van der Waals surface area contributed by atoms with Crippen molar-refractivity contribution < 1.29 is 0 Å². The van der Waals surface area contributed by atoms with Crippen molar-refractivity contribution in [1.82, 2.24) is 15.0 Å². The third-order valence-corrected chi connectivity index (χ3v) is 6.43. The second-order valence-corrected chi connectivity index (χ2v) is 8.75. The summed E-state index contributed by atoms with van der Waals surface area (Å²) in [6.07, 6.45) is 1.54. The third kappa shape index (κ3) is 4.52. The zero-order valence-electron chi connectivity index (χ0n) is 21.0. The third-order valence-electron chi connectivity index (χ3n) is 6.43. The summed E-state index contributed by atoms with van der Waals surface area (Å²) in [4.78, 5) is 23.3. The molecule has 0 saturated heterocycles. The molecule has 0 atom stereocenters.